The molecule has 6 heteroatoms. The minimum Gasteiger partial charge on any atom is -0.375 e. The molecule has 2 aromatic rings. The molecule has 0 aliphatic rings. The number of nitrogens with zero attached hydrogens (tertiary/aromatic N) is 2. The van der Waals surface area contributed by atoms with Gasteiger partial charge in [0.25, 0.3) is 0 Å². The fourth-order valence-electron chi connectivity index (χ4n) is 1.91. The van der Waals surface area contributed by atoms with Crippen molar-refractivity contribution in [2.75, 3.05) is 5.32 Å². The van der Waals surface area contributed by atoms with E-state index in [1.54, 1.807) is 24.4 Å². The number of hydrogen-bond donors (Lipinski definition) is 2. The Morgan fingerprint density at radius 1 is 1.53 bits per heavy atom. The van der Waals surface area contributed by atoms with Gasteiger partial charge in [-0.2, -0.15) is 0 Å². The number of primary amides is 1. The van der Waals surface area contributed by atoms with Crippen molar-refractivity contribution in [2.24, 2.45) is 12.8 Å². The van der Waals surface area contributed by atoms with Gasteiger partial charge in [0.1, 0.15) is 5.82 Å². The smallest absolute Gasteiger partial charge is 0.250 e. The van der Waals surface area contributed by atoms with Gasteiger partial charge in [-0.15, -0.1) is 0 Å². The van der Waals surface area contributed by atoms with E-state index in [1.165, 1.54) is 0 Å². The van der Waals surface area contributed by atoms with Gasteiger partial charge in [-0.05, 0) is 25.1 Å². The second-order valence-electron chi connectivity index (χ2n) is 4.32. The topological polar surface area (TPSA) is 72.9 Å². The molecule has 0 saturated carbocycles. The summed E-state index contributed by atoms with van der Waals surface area (Å²) in [4.78, 5) is 15.5. The number of hydrogen-bond acceptors (Lipinski definition) is 3. The molecular formula is C13H15ClN4O. The molecule has 0 aliphatic carbocycles. The first-order chi connectivity index (χ1) is 8.99. The van der Waals surface area contributed by atoms with Gasteiger partial charge in [0.05, 0.1) is 16.6 Å². The van der Waals surface area contributed by atoms with Crippen LogP contribution in [0, 0.1) is 0 Å². The van der Waals surface area contributed by atoms with Gasteiger partial charge >= 0.3 is 0 Å². The van der Waals surface area contributed by atoms with E-state index in [9.17, 15) is 4.79 Å². The third-order valence-electron chi connectivity index (χ3n) is 2.86. The first-order valence-corrected chi connectivity index (χ1v) is 6.20. The van der Waals surface area contributed by atoms with Gasteiger partial charge in [0, 0.05) is 25.1 Å². The zero-order valence-electron chi connectivity index (χ0n) is 10.7. The molecule has 3 N–H and O–H groups in total. The van der Waals surface area contributed by atoms with Gasteiger partial charge in [-0.1, -0.05) is 11.6 Å². The minimum atomic E-state index is -0.543. The highest BCUT2D eigenvalue weighted by atomic mass is 35.5. The Kier molecular flexibility index (Phi) is 3.76. The molecule has 0 saturated heterocycles. The average Bonchev–Trinajstić information content (AvgIpc) is 2.77. The molecule has 1 aromatic carbocycles. The van der Waals surface area contributed by atoms with Gasteiger partial charge in [0.2, 0.25) is 5.91 Å². The van der Waals surface area contributed by atoms with E-state index in [1.807, 2.05) is 24.7 Å². The molecule has 2 rings (SSSR count). The maximum Gasteiger partial charge on any atom is 0.250 e. The maximum atomic E-state index is 11.2. The highest BCUT2D eigenvalue weighted by Crippen LogP contribution is 2.23. The molecule has 1 atom stereocenters. The summed E-state index contributed by atoms with van der Waals surface area (Å²) in [6.07, 6.45) is 3.62. The quantitative estimate of drug-likeness (QED) is 0.902. The number of amides is 1. The number of imidazole rings is 1. The molecule has 0 aliphatic heterocycles. The summed E-state index contributed by atoms with van der Waals surface area (Å²) in [5.74, 6) is 0.355. The summed E-state index contributed by atoms with van der Waals surface area (Å²) in [5.41, 5.74) is 6.34. The van der Waals surface area contributed by atoms with Gasteiger partial charge in [-0.3, -0.25) is 4.79 Å². The van der Waals surface area contributed by atoms with Crippen LogP contribution in [0.5, 0.6) is 0 Å². The monoisotopic (exact) mass is 278 g/mol. The molecule has 5 nitrogen and oxygen atoms in total. The lowest BCUT2D eigenvalue weighted by Gasteiger charge is -2.15. The third kappa shape index (κ3) is 2.88. The van der Waals surface area contributed by atoms with E-state index in [0.29, 0.717) is 10.6 Å². The Balaban J connectivity index is 2.22. The Morgan fingerprint density at radius 2 is 2.26 bits per heavy atom. The SMILES string of the molecule is CC(Nc1ccc(Cl)c(C(N)=O)c1)c1nccn1C. The van der Waals surface area contributed by atoms with Gasteiger partial charge < -0.3 is 15.6 Å². The summed E-state index contributed by atoms with van der Waals surface area (Å²) in [6.45, 7) is 1.99. The predicted molar refractivity (Wildman–Crippen MR) is 75.2 cm³/mol. The number of nitrogens with one attached hydrogen (secondary N) is 1. The number of nitrogens with two attached hydrogens (primary N) is 1. The number of carbonyl (C=O) groups excluding carboxylic acids is 1. The van der Waals surface area contributed by atoms with Crippen molar-refractivity contribution in [1.29, 1.82) is 0 Å². The van der Waals surface area contributed by atoms with Crippen LogP contribution in [0.1, 0.15) is 29.1 Å². The van der Waals surface area contributed by atoms with Crippen molar-refractivity contribution < 1.29 is 4.79 Å². The van der Waals surface area contributed by atoms with E-state index in [0.717, 1.165) is 11.5 Å². The van der Waals surface area contributed by atoms with E-state index >= 15 is 0 Å². The minimum absolute atomic E-state index is 0.00176. The fraction of sp³-hybridized carbons (Fsp3) is 0.231. The lowest BCUT2D eigenvalue weighted by Crippen LogP contribution is -2.14. The van der Waals surface area contributed by atoms with Gasteiger partial charge in [0.15, 0.2) is 0 Å². The van der Waals surface area contributed by atoms with E-state index in [-0.39, 0.29) is 6.04 Å². The van der Waals surface area contributed by atoms with Gasteiger partial charge in [-0.25, -0.2) is 4.98 Å². The van der Waals surface area contributed by atoms with Crippen molar-refractivity contribution in [2.45, 2.75) is 13.0 Å². The number of aromatic nitrogens is 2. The summed E-state index contributed by atoms with van der Waals surface area (Å²) in [7, 11) is 1.93. The van der Waals surface area contributed by atoms with Crippen LogP contribution in [-0.4, -0.2) is 15.5 Å². The van der Waals surface area contributed by atoms with Crippen LogP contribution in [-0.2, 0) is 7.05 Å². The predicted octanol–water partition coefficient (Wildman–Crippen LogP) is 2.35. The first kappa shape index (κ1) is 13.4. The summed E-state index contributed by atoms with van der Waals surface area (Å²) >= 11 is 5.91. The van der Waals surface area contributed by atoms with Crippen LogP contribution < -0.4 is 11.1 Å². The Labute approximate surface area is 116 Å². The van der Waals surface area contributed by atoms with Crippen LogP contribution >= 0.6 is 11.6 Å². The second kappa shape index (κ2) is 5.32. The Hall–Kier alpha value is -2.01. The molecule has 19 heavy (non-hydrogen) atoms. The molecule has 100 valence electrons. The lowest BCUT2D eigenvalue weighted by molar-refractivity contribution is 0.100. The Morgan fingerprint density at radius 3 is 2.84 bits per heavy atom. The highest BCUT2D eigenvalue weighted by molar-refractivity contribution is 6.33. The average molecular weight is 279 g/mol. The van der Waals surface area contributed by atoms with Crippen LogP contribution in [0.4, 0.5) is 5.69 Å². The van der Waals surface area contributed by atoms with Crippen molar-refractivity contribution in [3.05, 3.63) is 47.0 Å². The number of aryl methyl sites for hydroxylation is 1. The zero-order valence-corrected chi connectivity index (χ0v) is 11.5. The molecule has 0 radical (unpaired) electrons. The maximum absolute atomic E-state index is 11.2. The van der Waals surface area contributed by atoms with Crippen LogP contribution in [0.3, 0.4) is 0 Å². The summed E-state index contributed by atoms with van der Waals surface area (Å²) in [5, 5.41) is 3.61. The van der Waals surface area contributed by atoms with Crippen molar-refractivity contribution >= 4 is 23.2 Å². The Bertz CT molecular complexity index is 608. The van der Waals surface area contributed by atoms with E-state index in [2.05, 4.69) is 10.3 Å². The van der Waals surface area contributed by atoms with Crippen LogP contribution in [0.25, 0.3) is 0 Å². The first-order valence-electron chi connectivity index (χ1n) is 5.82. The molecule has 1 amide bonds. The zero-order chi connectivity index (χ0) is 14.0. The second-order valence-corrected chi connectivity index (χ2v) is 4.73. The largest absolute Gasteiger partial charge is 0.375 e. The summed E-state index contributed by atoms with van der Waals surface area (Å²) in [6, 6.07) is 5.09. The number of rotatable bonds is 4. The van der Waals surface area contributed by atoms with Crippen molar-refractivity contribution in [3.63, 3.8) is 0 Å². The van der Waals surface area contributed by atoms with E-state index in [4.69, 9.17) is 17.3 Å². The van der Waals surface area contributed by atoms with E-state index < -0.39 is 5.91 Å². The summed E-state index contributed by atoms with van der Waals surface area (Å²) < 4.78 is 1.93. The number of anilines is 1. The fourth-order valence-corrected chi connectivity index (χ4v) is 2.12. The van der Waals surface area contributed by atoms with Crippen molar-refractivity contribution in [1.82, 2.24) is 9.55 Å². The molecule has 1 heterocycles. The standard InChI is InChI=1S/C13H15ClN4O/c1-8(13-16-5-6-18(13)2)17-9-3-4-11(14)10(7-9)12(15)19/h3-8,17H,1-2H3,(H2,15,19). The number of benzene rings is 1. The normalized spacial score (nSPS) is 12.2. The molecule has 1 aromatic heterocycles. The highest BCUT2D eigenvalue weighted by Gasteiger charge is 2.12. The molecule has 0 spiro atoms. The van der Waals surface area contributed by atoms with Crippen molar-refractivity contribution in [3.8, 4) is 0 Å². The molecule has 0 fully saturated rings. The number of halogens is 1. The molecule has 1 unspecified atom stereocenters. The molecular weight excluding hydrogens is 264 g/mol. The van der Waals surface area contributed by atoms with Crippen LogP contribution in [0.2, 0.25) is 5.02 Å². The van der Waals surface area contributed by atoms with Crippen LogP contribution in [0.15, 0.2) is 30.6 Å². The molecule has 0 bridgehead atoms. The lowest BCUT2D eigenvalue weighted by atomic mass is 10.1. The number of carbonyl (C=O) groups is 1. The third-order valence-corrected chi connectivity index (χ3v) is 3.19.